The third kappa shape index (κ3) is 3.74. The van der Waals surface area contributed by atoms with Crippen LogP contribution in [-0.2, 0) is 0 Å². The molecule has 0 aromatic rings. The zero-order valence-corrected chi connectivity index (χ0v) is 11.1. The van der Waals surface area contributed by atoms with Gasteiger partial charge >= 0.3 is 0 Å². The van der Waals surface area contributed by atoms with Gasteiger partial charge in [0.1, 0.15) is 0 Å². The molecule has 0 spiro atoms. The Bertz CT molecular complexity index is 183. The van der Waals surface area contributed by atoms with Crippen LogP contribution in [0.5, 0.6) is 0 Å². The van der Waals surface area contributed by atoms with Crippen LogP contribution in [-0.4, -0.2) is 49.1 Å². The second-order valence-electron chi connectivity index (χ2n) is 6.10. The number of likely N-dealkylation sites (tertiary alicyclic amines) is 2. The van der Waals surface area contributed by atoms with Gasteiger partial charge in [-0.3, -0.25) is 0 Å². The fourth-order valence-electron chi connectivity index (χ4n) is 3.26. The number of nitrogens with zero attached hydrogens (tertiary/aromatic N) is 2. The summed E-state index contributed by atoms with van der Waals surface area (Å²) in [5.41, 5.74) is 0. The molecule has 0 aliphatic carbocycles. The molecule has 0 radical (unpaired) electrons. The molecule has 2 saturated heterocycles. The van der Waals surface area contributed by atoms with Crippen molar-refractivity contribution in [2.24, 2.45) is 11.8 Å². The molecule has 0 amide bonds. The first-order chi connectivity index (χ1) is 7.74. The number of piperidine rings is 2. The van der Waals surface area contributed by atoms with E-state index < -0.39 is 0 Å². The molecule has 2 fully saturated rings. The minimum Gasteiger partial charge on any atom is -0.302 e. The maximum Gasteiger partial charge on any atom is 0.0109 e. The molecule has 2 aliphatic heterocycles. The van der Waals surface area contributed by atoms with E-state index >= 15 is 0 Å². The molecule has 16 heavy (non-hydrogen) atoms. The summed E-state index contributed by atoms with van der Waals surface area (Å²) in [6, 6.07) is 0. The topological polar surface area (TPSA) is 6.48 Å². The summed E-state index contributed by atoms with van der Waals surface area (Å²) in [5, 5.41) is 0. The van der Waals surface area contributed by atoms with E-state index in [1.807, 2.05) is 0 Å². The van der Waals surface area contributed by atoms with Crippen LogP contribution in [0, 0.1) is 11.8 Å². The van der Waals surface area contributed by atoms with Gasteiger partial charge in [-0.2, -0.15) is 0 Å². The molecular formula is C14H28N2. The molecule has 2 nitrogen and oxygen atoms in total. The summed E-state index contributed by atoms with van der Waals surface area (Å²) in [6.07, 6.45) is 5.71. The van der Waals surface area contributed by atoms with Crippen molar-refractivity contribution in [3.63, 3.8) is 0 Å². The van der Waals surface area contributed by atoms with Crippen molar-refractivity contribution in [2.45, 2.75) is 39.5 Å². The third-order valence-corrected chi connectivity index (χ3v) is 4.21. The van der Waals surface area contributed by atoms with E-state index in [0.29, 0.717) is 0 Å². The lowest BCUT2D eigenvalue weighted by molar-refractivity contribution is 0.130. The van der Waals surface area contributed by atoms with Gasteiger partial charge in [-0.25, -0.2) is 0 Å². The second-order valence-corrected chi connectivity index (χ2v) is 6.10. The summed E-state index contributed by atoms with van der Waals surface area (Å²) in [4.78, 5) is 5.35. The van der Waals surface area contributed by atoms with E-state index in [2.05, 4.69) is 23.6 Å². The molecule has 2 rings (SSSR count). The SMILES string of the molecule is CC1CCCN(CCN2CCCC(C)C2)C1. The molecule has 0 N–H and O–H groups in total. The van der Waals surface area contributed by atoms with Crippen molar-refractivity contribution in [2.75, 3.05) is 39.3 Å². The molecule has 2 heteroatoms. The predicted molar refractivity (Wildman–Crippen MR) is 69.7 cm³/mol. The first-order valence-electron chi connectivity index (χ1n) is 7.19. The molecule has 0 aromatic carbocycles. The zero-order valence-electron chi connectivity index (χ0n) is 11.1. The van der Waals surface area contributed by atoms with Crippen LogP contribution < -0.4 is 0 Å². The lowest BCUT2D eigenvalue weighted by Gasteiger charge is -2.35. The van der Waals surface area contributed by atoms with E-state index in [1.54, 1.807) is 0 Å². The Labute approximate surface area is 101 Å². The highest BCUT2D eigenvalue weighted by Gasteiger charge is 2.19. The van der Waals surface area contributed by atoms with Crippen molar-refractivity contribution in [1.29, 1.82) is 0 Å². The predicted octanol–water partition coefficient (Wildman–Crippen LogP) is 2.45. The summed E-state index contributed by atoms with van der Waals surface area (Å²) in [5.74, 6) is 1.85. The van der Waals surface area contributed by atoms with Crippen LogP contribution >= 0.6 is 0 Å². The Morgan fingerprint density at radius 1 is 0.812 bits per heavy atom. The normalized spacial score (nSPS) is 34.1. The molecule has 94 valence electrons. The first-order valence-corrected chi connectivity index (χ1v) is 7.19. The Balaban J connectivity index is 1.66. The van der Waals surface area contributed by atoms with E-state index in [0.717, 1.165) is 11.8 Å². The van der Waals surface area contributed by atoms with Gasteiger partial charge in [0.15, 0.2) is 0 Å². The van der Waals surface area contributed by atoms with Gasteiger partial charge in [0.25, 0.3) is 0 Å². The number of rotatable bonds is 3. The summed E-state index contributed by atoms with van der Waals surface area (Å²) in [6.45, 7) is 12.8. The van der Waals surface area contributed by atoms with Gasteiger partial charge in [-0.15, -0.1) is 0 Å². The quantitative estimate of drug-likeness (QED) is 0.726. The standard InChI is InChI=1S/C14H28N2/c1-13-5-3-7-15(11-13)9-10-16-8-4-6-14(2)12-16/h13-14H,3-12H2,1-2H3. The van der Waals surface area contributed by atoms with Gasteiger partial charge in [-0.1, -0.05) is 13.8 Å². The fraction of sp³-hybridized carbons (Fsp3) is 1.00. The van der Waals surface area contributed by atoms with Crippen LogP contribution in [0.2, 0.25) is 0 Å². The van der Waals surface area contributed by atoms with Crippen molar-refractivity contribution >= 4 is 0 Å². The van der Waals surface area contributed by atoms with E-state index in [-0.39, 0.29) is 0 Å². The van der Waals surface area contributed by atoms with Gasteiger partial charge in [0.2, 0.25) is 0 Å². The molecule has 0 aromatic heterocycles. The lowest BCUT2D eigenvalue weighted by atomic mass is 9.99. The average Bonchev–Trinajstić information content (AvgIpc) is 2.27. The van der Waals surface area contributed by atoms with Gasteiger partial charge in [-0.05, 0) is 50.6 Å². The molecule has 0 saturated carbocycles. The van der Waals surface area contributed by atoms with Gasteiger partial charge < -0.3 is 9.80 Å². The minimum absolute atomic E-state index is 0.925. The molecular weight excluding hydrogens is 196 g/mol. The van der Waals surface area contributed by atoms with Crippen molar-refractivity contribution in [3.05, 3.63) is 0 Å². The molecule has 2 heterocycles. The van der Waals surface area contributed by atoms with Crippen LogP contribution in [0.25, 0.3) is 0 Å². The first kappa shape index (κ1) is 12.4. The van der Waals surface area contributed by atoms with Crippen LogP contribution in [0.4, 0.5) is 0 Å². The Morgan fingerprint density at radius 3 is 1.62 bits per heavy atom. The minimum atomic E-state index is 0.925. The molecule has 2 unspecified atom stereocenters. The van der Waals surface area contributed by atoms with E-state index in [9.17, 15) is 0 Å². The van der Waals surface area contributed by atoms with Crippen molar-refractivity contribution < 1.29 is 0 Å². The third-order valence-electron chi connectivity index (χ3n) is 4.21. The van der Waals surface area contributed by atoms with Crippen molar-refractivity contribution in [1.82, 2.24) is 9.80 Å². The monoisotopic (exact) mass is 224 g/mol. The van der Waals surface area contributed by atoms with E-state index in [4.69, 9.17) is 0 Å². The Morgan fingerprint density at radius 2 is 1.25 bits per heavy atom. The van der Waals surface area contributed by atoms with Crippen LogP contribution in [0.15, 0.2) is 0 Å². The van der Waals surface area contributed by atoms with Crippen LogP contribution in [0.3, 0.4) is 0 Å². The van der Waals surface area contributed by atoms with Gasteiger partial charge in [0, 0.05) is 26.2 Å². The smallest absolute Gasteiger partial charge is 0.0109 e. The highest BCUT2D eigenvalue weighted by atomic mass is 15.2. The summed E-state index contributed by atoms with van der Waals surface area (Å²) < 4.78 is 0. The number of hydrogen-bond acceptors (Lipinski definition) is 2. The lowest BCUT2D eigenvalue weighted by Crippen LogP contribution is -2.43. The highest BCUT2D eigenvalue weighted by Crippen LogP contribution is 2.17. The summed E-state index contributed by atoms with van der Waals surface area (Å²) >= 11 is 0. The highest BCUT2D eigenvalue weighted by molar-refractivity contribution is 4.74. The maximum atomic E-state index is 2.67. The fourth-order valence-corrected chi connectivity index (χ4v) is 3.26. The molecule has 2 atom stereocenters. The zero-order chi connectivity index (χ0) is 11.4. The van der Waals surface area contributed by atoms with Crippen LogP contribution in [0.1, 0.15) is 39.5 Å². The molecule has 0 bridgehead atoms. The average molecular weight is 224 g/mol. The largest absolute Gasteiger partial charge is 0.302 e. The Kier molecular flexibility index (Phi) is 4.66. The Hall–Kier alpha value is -0.0800. The molecule has 2 aliphatic rings. The van der Waals surface area contributed by atoms with E-state index in [1.165, 1.54) is 65.0 Å². The van der Waals surface area contributed by atoms with Crippen molar-refractivity contribution in [3.8, 4) is 0 Å². The maximum absolute atomic E-state index is 2.67. The van der Waals surface area contributed by atoms with Gasteiger partial charge in [0.05, 0.1) is 0 Å². The second kappa shape index (κ2) is 6.02. The number of hydrogen-bond donors (Lipinski definition) is 0. The summed E-state index contributed by atoms with van der Waals surface area (Å²) in [7, 11) is 0.